The molecule has 2 aliphatic rings. The summed E-state index contributed by atoms with van der Waals surface area (Å²) in [6.07, 6.45) is 0.785. The van der Waals surface area contributed by atoms with Crippen molar-refractivity contribution in [1.29, 1.82) is 0 Å². The molecule has 0 spiro atoms. The third kappa shape index (κ3) is 6.56. The van der Waals surface area contributed by atoms with Crippen molar-refractivity contribution in [2.24, 2.45) is 0 Å². The van der Waals surface area contributed by atoms with Crippen molar-refractivity contribution in [3.05, 3.63) is 35.9 Å². The van der Waals surface area contributed by atoms with E-state index >= 15 is 0 Å². The molecule has 2 fully saturated rings. The van der Waals surface area contributed by atoms with Crippen LogP contribution in [-0.2, 0) is 20.6 Å². The van der Waals surface area contributed by atoms with Crippen LogP contribution in [0.15, 0.2) is 30.3 Å². The Labute approximate surface area is 209 Å². The fraction of sp³-hybridized carbons (Fsp3) is 0.680. The Morgan fingerprint density at radius 2 is 1.91 bits per heavy atom. The van der Waals surface area contributed by atoms with Crippen LogP contribution in [0.5, 0.6) is 0 Å². The first-order chi connectivity index (χ1) is 16.0. The first-order valence-electron chi connectivity index (χ1n) is 12.2. The summed E-state index contributed by atoms with van der Waals surface area (Å²) in [6, 6.07) is 8.74. The van der Waals surface area contributed by atoms with Crippen LogP contribution in [0.1, 0.15) is 45.6 Å². The highest BCUT2D eigenvalue weighted by atomic mass is 32.2. The van der Waals surface area contributed by atoms with E-state index in [0.29, 0.717) is 37.6 Å². The molecule has 3 rings (SSSR count). The molecule has 3 atom stereocenters. The molecule has 1 unspecified atom stereocenters. The summed E-state index contributed by atoms with van der Waals surface area (Å²) in [6.45, 7) is 12.2. The lowest BCUT2D eigenvalue weighted by Gasteiger charge is -2.37. The molecule has 0 bridgehead atoms. The van der Waals surface area contributed by atoms with Crippen LogP contribution in [0.2, 0.25) is 18.1 Å². The lowest BCUT2D eigenvalue weighted by Crippen LogP contribution is -2.52. The molecular formula is C25H40N2O5SSi. The second kappa shape index (κ2) is 11.5. The molecule has 2 amide bonds. The van der Waals surface area contributed by atoms with Gasteiger partial charge in [0.25, 0.3) is 0 Å². The Morgan fingerprint density at radius 1 is 1.21 bits per heavy atom. The molecule has 0 saturated carbocycles. The zero-order valence-corrected chi connectivity index (χ0v) is 23.0. The Bertz CT molecular complexity index is 832. The molecule has 7 nitrogen and oxygen atoms in total. The molecule has 1 aromatic carbocycles. The van der Waals surface area contributed by atoms with Crippen molar-refractivity contribution in [3.63, 3.8) is 0 Å². The summed E-state index contributed by atoms with van der Waals surface area (Å²) in [5, 5.41) is 11.0. The fourth-order valence-electron chi connectivity index (χ4n) is 4.08. The van der Waals surface area contributed by atoms with E-state index in [1.54, 1.807) is 21.6 Å². The minimum atomic E-state index is -1.88. The van der Waals surface area contributed by atoms with Gasteiger partial charge in [-0.15, -0.1) is 11.8 Å². The van der Waals surface area contributed by atoms with Gasteiger partial charge in [-0.05, 0) is 43.0 Å². The topological polar surface area (TPSA) is 79.3 Å². The molecule has 1 N–H and O–H groups in total. The van der Waals surface area contributed by atoms with E-state index in [1.807, 2.05) is 30.3 Å². The second-order valence-electron chi connectivity index (χ2n) is 10.7. The predicted octanol–water partition coefficient (Wildman–Crippen LogP) is 4.46. The van der Waals surface area contributed by atoms with Gasteiger partial charge < -0.3 is 19.2 Å². The quantitative estimate of drug-likeness (QED) is 0.522. The van der Waals surface area contributed by atoms with Gasteiger partial charge >= 0.3 is 6.09 Å². The van der Waals surface area contributed by atoms with Gasteiger partial charge in [-0.25, -0.2) is 4.79 Å². The average Bonchev–Trinajstić information content (AvgIpc) is 3.47. The van der Waals surface area contributed by atoms with E-state index in [4.69, 9.17) is 9.16 Å². The number of aliphatic hydroxyl groups excluding tert-OH is 1. The minimum Gasteiger partial charge on any atom is -0.445 e. The Balaban J connectivity index is 1.55. The highest BCUT2D eigenvalue weighted by Gasteiger charge is 2.43. The highest BCUT2D eigenvalue weighted by molar-refractivity contribution is 7.99. The Kier molecular flexibility index (Phi) is 9.11. The zero-order chi connectivity index (χ0) is 24.9. The number of hydrogen-bond acceptors (Lipinski definition) is 6. The third-order valence-electron chi connectivity index (χ3n) is 7.31. The van der Waals surface area contributed by atoms with Crippen molar-refractivity contribution in [2.75, 3.05) is 24.8 Å². The van der Waals surface area contributed by atoms with Crippen LogP contribution in [0.4, 0.5) is 4.79 Å². The molecule has 190 valence electrons. The van der Waals surface area contributed by atoms with Crippen LogP contribution in [-0.4, -0.2) is 78.2 Å². The van der Waals surface area contributed by atoms with E-state index in [-0.39, 0.29) is 23.6 Å². The van der Waals surface area contributed by atoms with Gasteiger partial charge in [0, 0.05) is 18.9 Å². The molecule has 0 aromatic heterocycles. The summed E-state index contributed by atoms with van der Waals surface area (Å²) in [5.74, 6) is 1.14. The molecular weight excluding hydrogens is 468 g/mol. The Morgan fingerprint density at radius 3 is 2.59 bits per heavy atom. The van der Waals surface area contributed by atoms with E-state index in [0.717, 1.165) is 12.0 Å². The fourth-order valence-corrected chi connectivity index (χ4v) is 6.41. The summed E-state index contributed by atoms with van der Waals surface area (Å²) >= 11 is 1.64. The normalized spacial score (nSPS) is 22.2. The summed E-state index contributed by atoms with van der Waals surface area (Å²) < 4.78 is 11.7. The van der Waals surface area contributed by atoms with Gasteiger partial charge in [0.1, 0.15) is 12.6 Å². The molecule has 0 aliphatic carbocycles. The van der Waals surface area contributed by atoms with Gasteiger partial charge in [0.05, 0.1) is 18.0 Å². The number of carbonyl (C=O) groups excluding carboxylic acids is 2. The van der Waals surface area contributed by atoms with E-state index in [2.05, 4.69) is 33.9 Å². The Hall–Kier alpha value is -1.55. The summed E-state index contributed by atoms with van der Waals surface area (Å²) in [7, 11) is -1.88. The number of benzene rings is 1. The van der Waals surface area contributed by atoms with Crippen LogP contribution >= 0.6 is 11.8 Å². The number of nitrogens with zero attached hydrogens (tertiary/aromatic N) is 2. The summed E-state index contributed by atoms with van der Waals surface area (Å²) in [5.41, 5.74) is 0.914. The first kappa shape index (κ1) is 27.0. The van der Waals surface area contributed by atoms with Gasteiger partial charge in [0.15, 0.2) is 8.32 Å². The molecule has 2 heterocycles. The van der Waals surface area contributed by atoms with Crippen molar-refractivity contribution < 1.29 is 23.9 Å². The van der Waals surface area contributed by atoms with Crippen LogP contribution in [0.25, 0.3) is 0 Å². The first-order valence-corrected chi connectivity index (χ1v) is 16.2. The van der Waals surface area contributed by atoms with Crippen molar-refractivity contribution in [1.82, 2.24) is 9.80 Å². The number of carbonyl (C=O) groups is 2. The van der Waals surface area contributed by atoms with Crippen molar-refractivity contribution in [2.45, 2.75) is 83.0 Å². The number of amides is 2. The molecule has 2 saturated heterocycles. The minimum absolute atomic E-state index is 0.0893. The van der Waals surface area contributed by atoms with Crippen molar-refractivity contribution >= 4 is 32.1 Å². The van der Waals surface area contributed by atoms with Crippen LogP contribution in [0.3, 0.4) is 0 Å². The number of thioether (sulfide) groups is 1. The maximum atomic E-state index is 13.4. The molecule has 0 radical (unpaired) electrons. The van der Waals surface area contributed by atoms with Crippen LogP contribution < -0.4 is 0 Å². The largest absolute Gasteiger partial charge is 0.445 e. The van der Waals surface area contributed by atoms with E-state index in [1.165, 1.54) is 0 Å². The lowest BCUT2D eigenvalue weighted by atomic mass is 10.1. The molecule has 9 heteroatoms. The second-order valence-corrected chi connectivity index (χ2v) is 16.5. The maximum Gasteiger partial charge on any atom is 0.410 e. The SMILES string of the molecule is CC(C)(C)[Si](C)(C)OCC[C@@H](O)C1CSCN1C(=O)[C@@H]1CCCN1C(=O)OCc1ccccc1. The highest BCUT2D eigenvalue weighted by Crippen LogP contribution is 2.37. The van der Waals surface area contributed by atoms with Gasteiger partial charge in [0.2, 0.25) is 5.91 Å². The average molecular weight is 509 g/mol. The number of aliphatic hydroxyl groups is 1. The van der Waals surface area contributed by atoms with Gasteiger partial charge in [-0.2, -0.15) is 0 Å². The van der Waals surface area contributed by atoms with Gasteiger partial charge in [-0.1, -0.05) is 51.1 Å². The number of hydrogen-bond donors (Lipinski definition) is 1. The number of likely N-dealkylation sites (tertiary alicyclic amines) is 1. The standard InChI is InChI=1S/C25H40N2O5SSi/c1-25(2,3)34(4,5)32-15-13-22(28)21-17-33-18-27(21)23(29)20-12-9-14-26(20)24(30)31-16-19-10-7-6-8-11-19/h6-8,10-11,20-22,28H,9,12-18H2,1-5H3/t20-,21?,22+/m0/s1. The lowest BCUT2D eigenvalue weighted by molar-refractivity contribution is -0.138. The number of ether oxygens (including phenoxy) is 1. The predicted molar refractivity (Wildman–Crippen MR) is 138 cm³/mol. The zero-order valence-electron chi connectivity index (χ0n) is 21.2. The summed E-state index contributed by atoms with van der Waals surface area (Å²) in [4.78, 5) is 29.5. The third-order valence-corrected chi connectivity index (χ3v) is 12.9. The van der Waals surface area contributed by atoms with Crippen LogP contribution in [0, 0.1) is 0 Å². The molecule has 1 aromatic rings. The monoisotopic (exact) mass is 508 g/mol. The van der Waals surface area contributed by atoms with E-state index < -0.39 is 26.6 Å². The number of rotatable bonds is 8. The van der Waals surface area contributed by atoms with Gasteiger partial charge in [-0.3, -0.25) is 9.69 Å². The molecule has 34 heavy (non-hydrogen) atoms. The maximum absolute atomic E-state index is 13.4. The smallest absolute Gasteiger partial charge is 0.410 e. The van der Waals surface area contributed by atoms with Crippen molar-refractivity contribution in [3.8, 4) is 0 Å². The molecule has 2 aliphatic heterocycles. The van der Waals surface area contributed by atoms with E-state index in [9.17, 15) is 14.7 Å².